The molecule has 0 radical (unpaired) electrons. The molecule has 0 spiro atoms. The van der Waals surface area contributed by atoms with Crippen LogP contribution in [0.1, 0.15) is 72.6 Å². The molecule has 0 aromatic heterocycles. The van der Waals surface area contributed by atoms with E-state index in [0.29, 0.717) is 38.5 Å². The van der Waals surface area contributed by atoms with Gasteiger partial charge in [0.2, 0.25) is 0 Å². The summed E-state index contributed by atoms with van der Waals surface area (Å²) in [6.45, 7) is 7.58. The third-order valence-electron chi connectivity index (χ3n) is 4.75. The Kier molecular flexibility index (Phi) is 7.09. The third-order valence-corrected chi connectivity index (χ3v) is 4.75. The molecule has 1 unspecified atom stereocenters. The average Bonchev–Trinajstić information content (AvgIpc) is 2.38. The Balaban J connectivity index is 5.06. The Morgan fingerprint density at radius 2 is 1.11 bits per heavy atom. The molecule has 0 fully saturated rings. The van der Waals surface area contributed by atoms with E-state index in [1.165, 1.54) is 0 Å². The molecule has 0 heterocycles. The SMILES string of the molecule is CCCC(CC)(CCC(CC)(CC)C(=O)O)C(=O)O. The third kappa shape index (κ3) is 3.95. The van der Waals surface area contributed by atoms with E-state index in [9.17, 15) is 19.8 Å². The Bertz CT molecular complexity index is 307. The van der Waals surface area contributed by atoms with E-state index in [-0.39, 0.29) is 0 Å². The number of carboxylic acids is 2. The zero-order valence-corrected chi connectivity index (χ0v) is 12.7. The van der Waals surface area contributed by atoms with Gasteiger partial charge in [0.05, 0.1) is 10.8 Å². The molecule has 19 heavy (non-hydrogen) atoms. The lowest BCUT2D eigenvalue weighted by Gasteiger charge is -2.33. The first-order valence-corrected chi connectivity index (χ1v) is 7.31. The largest absolute Gasteiger partial charge is 0.481 e. The number of hydrogen-bond acceptors (Lipinski definition) is 2. The minimum absolute atomic E-state index is 0.440. The Labute approximate surface area is 116 Å². The van der Waals surface area contributed by atoms with E-state index in [0.717, 1.165) is 6.42 Å². The number of aliphatic carboxylic acids is 2. The van der Waals surface area contributed by atoms with Crippen molar-refractivity contribution < 1.29 is 19.8 Å². The zero-order chi connectivity index (χ0) is 15.1. The molecule has 4 heteroatoms. The highest BCUT2D eigenvalue weighted by Crippen LogP contribution is 2.41. The molecule has 0 rings (SSSR count). The summed E-state index contributed by atoms with van der Waals surface area (Å²) in [5.41, 5.74) is -1.54. The molecule has 0 saturated carbocycles. The number of hydrogen-bond donors (Lipinski definition) is 2. The van der Waals surface area contributed by atoms with Gasteiger partial charge in [0.1, 0.15) is 0 Å². The number of carboxylic acid groups (broad SMARTS) is 2. The van der Waals surface area contributed by atoms with Gasteiger partial charge >= 0.3 is 11.9 Å². The summed E-state index contributed by atoms with van der Waals surface area (Å²) in [7, 11) is 0. The van der Waals surface area contributed by atoms with Crippen molar-refractivity contribution in [3.63, 3.8) is 0 Å². The van der Waals surface area contributed by atoms with Gasteiger partial charge in [0.25, 0.3) is 0 Å². The van der Waals surface area contributed by atoms with Crippen LogP contribution in [-0.4, -0.2) is 22.2 Å². The molecular weight excluding hydrogens is 244 g/mol. The maximum atomic E-state index is 11.6. The van der Waals surface area contributed by atoms with Crippen molar-refractivity contribution in [2.75, 3.05) is 0 Å². The van der Waals surface area contributed by atoms with Crippen molar-refractivity contribution in [1.82, 2.24) is 0 Å². The normalized spacial score (nSPS) is 14.9. The van der Waals surface area contributed by atoms with E-state index < -0.39 is 22.8 Å². The molecule has 0 saturated heterocycles. The molecule has 0 aliphatic rings. The minimum Gasteiger partial charge on any atom is -0.481 e. The van der Waals surface area contributed by atoms with Crippen LogP contribution < -0.4 is 0 Å². The first-order chi connectivity index (χ1) is 8.84. The predicted octanol–water partition coefficient (Wildman–Crippen LogP) is 3.94. The van der Waals surface area contributed by atoms with Crippen molar-refractivity contribution in [2.24, 2.45) is 10.8 Å². The molecule has 1 atom stereocenters. The lowest BCUT2D eigenvalue weighted by molar-refractivity contribution is -0.155. The molecule has 112 valence electrons. The fraction of sp³-hybridized carbons (Fsp3) is 0.867. The molecule has 0 aliphatic carbocycles. The second-order valence-corrected chi connectivity index (χ2v) is 5.48. The van der Waals surface area contributed by atoms with Gasteiger partial charge in [-0.3, -0.25) is 9.59 Å². The van der Waals surface area contributed by atoms with Gasteiger partial charge in [-0.15, -0.1) is 0 Å². The summed E-state index contributed by atoms with van der Waals surface area (Å²) in [6.07, 6.45) is 3.95. The average molecular weight is 272 g/mol. The highest BCUT2D eigenvalue weighted by Gasteiger charge is 2.41. The molecule has 2 N–H and O–H groups in total. The van der Waals surface area contributed by atoms with E-state index in [1.807, 2.05) is 27.7 Å². The summed E-state index contributed by atoms with van der Waals surface area (Å²) in [4.78, 5) is 23.0. The molecule has 0 aliphatic heterocycles. The molecular formula is C15H28O4. The molecule has 4 nitrogen and oxygen atoms in total. The number of rotatable bonds is 10. The van der Waals surface area contributed by atoms with Crippen LogP contribution in [0, 0.1) is 10.8 Å². The van der Waals surface area contributed by atoms with Crippen molar-refractivity contribution in [1.29, 1.82) is 0 Å². The van der Waals surface area contributed by atoms with Crippen molar-refractivity contribution in [3.8, 4) is 0 Å². The maximum Gasteiger partial charge on any atom is 0.309 e. The van der Waals surface area contributed by atoms with Crippen molar-refractivity contribution >= 4 is 11.9 Å². The second kappa shape index (κ2) is 7.51. The van der Waals surface area contributed by atoms with Crippen LogP contribution in [0.5, 0.6) is 0 Å². The summed E-state index contributed by atoms with van der Waals surface area (Å²) >= 11 is 0. The maximum absolute atomic E-state index is 11.6. The van der Waals surface area contributed by atoms with Gasteiger partial charge in [-0.05, 0) is 38.5 Å². The van der Waals surface area contributed by atoms with Crippen LogP contribution in [0.2, 0.25) is 0 Å². The van der Waals surface area contributed by atoms with Crippen LogP contribution in [0.3, 0.4) is 0 Å². The minimum atomic E-state index is -0.801. The number of carbonyl (C=O) groups is 2. The van der Waals surface area contributed by atoms with Crippen LogP contribution in [0.25, 0.3) is 0 Å². The summed E-state index contributed by atoms with van der Waals surface area (Å²) < 4.78 is 0. The van der Waals surface area contributed by atoms with Gasteiger partial charge in [-0.1, -0.05) is 34.1 Å². The molecule has 0 aromatic carbocycles. The van der Waals surface area contributed by atoms with Gasteiger partial charge in [0.15, 0.2) is 0 Å². The zero-order valence-electron chi connectivity index (χ0n) is 12.7. The first kappa shape index (κ1) is 17.9. The first-order valence-electron chi connectivity index (χ1n) is 7.31. The standard InChI is InChI=1S/C15H28O4/c1-5-9-15(8-4,13(18)19)11-10-14(6-2,7-3)12(16)17/h5-11H2,1-4H3,(H,16,17)(H,18,19). The second-order valence-electron chi connectivity index (χ2n) is 5.48. The van der Waals surface area contributed by atoms with E-state index >= 15 is 0 Å². The van der Waals surface area contributed by atoms with Crippen LogP contribution in [0.4, 0.5) is 0 Å². The van der Waals surface area contributed by atoms with Gasteiger partial charge in [-0.2, -0.15) is 0 Å². The van der Waals surface area contributed by atoms with Gasteiger partial charge < -0.3 is 10.2 Å². The van der Waals surface area contributed by atoms with Crippen molar-refractivity contribution in [2.45, 2.75) is 72.6 Å². The lowest BCUT2D eigenvalue weighted by atomic mass is 9.70. The summed E-state index contributed by atoms with van der Waals surface area (Å²) in [6, 6.07) is 0. The van der Waals surface area contributed by atoms with Crippen LogP contribution in [-0.2, 0) is 9.59 Å². The van der Waals surface area contributed by atoms with Crippen molar-refractivity contribution in [3.05, 3.63) is 0 Å². The van der Waals surface area contributed by atoms with Gasteiger partial charge in [0, 0.05) is 0 Å². The van der Waals surface area contributed by atoms with Crippen LogP contribution in [0.15, 0.2) is 0 Å². The quantitative estimate of drug-likeness (QED) is 0.631. The fourth-order valence-corrected chi connectivity index (χ4v) is 2.81. The predicted molar refractivity (Wildman–Crippen MR) is 75.2 cm³/mol. The summed E-state index contributed by atoms with van der Waals surface area (Å²) in [5, 5.41) is 18.9. The molecule has 0 amide bonds. The Morgan fingerprint density at radius 3 is 1.37 bits per heavy atom. The van der Waals surface area contributed by atoms with E-state index in [2.05, 4.69) is 0 Å². The summed E-state index contributed by atoms with van der Waals surface area (Å²) in [5.74, 6) is -1.59. The van der Waals surface area contributed by atoms with Crippen LogP contribution >= 0.6 is 0 Å². The lowest BCUT2D eigenvalue weighted by Crippen LogP contribution is -2.36. The molecule has 0 aromatic rings. The Hall–Kier alpha value is -1.06. The van der Waals surface area contributed by atoms with Gasteiger partial charge in [-0.25, -0.2) is 0 Å². The molecule has 0 bridgehead atoms. The fourth-order valence-electron chi connectivity index (χ4n) is 2.81. The smallest absolute Gasteiger partial charge is 0.309 e. The highest BCUT2D eigenvalue weighted by molar-refractivity contribution is 5.76. The van der Waals surface area contributed by atoms with E-state index in [1.54, 1.807) is 0 Å². The highest BCUT2D eigenvalue weighted by atomic mass is 16.4. The Morgan fingerprint density at radius 1 is 0.737 bits per heavy atom. The monoisotopic (exact) mass is 272 g/mol. The topological polar surface area (TPSA) is 74.6 Å². The van der Waals surface area contributed by atoms with E-state index in [4.69, 9.17) is 0 Å².